The normalized spacial score (nSPS) is 14.6. The van der Waals surface area contributed by atoms with Crippen molar-refractivity contribution in [2.24, 2.45) is 10.1 Å². The van der Waals surface area contributed by atoms with Gasteiger partial charge in [-0.2, -0.15) is 10.1 Å². The van der Waals surface area contributed by atoms with Crippen LogP contribution in [0.3, 0.4) is 0 Å². The maximum atomic E-state index is 13.2. The number of rotatable bonds is 5. The van der Waals surface area contributed by atoms with Crippen LogP contribution >= 0.6 is 0 Å². The van der Waals surface area contributed by atoms with Gasteiger partial charge in [-0.3, -0.25) is 14.9 Å². The van der Waals surface area contributed by atoms with E-state index in [2.05, 4.69) is 10.1 Å². The van der Waals surface area contributed by atoms with Crippen molar-refractivity contribution >= 4 is 40.1 Å². The second kappa shape index (κ2) is 8.19. The number of anilines is 2. The molecule has 0 saturated carbocycles. The summed E-state index contributed by atoms with van der Waals surface area (Å²) in [6, 6.07) is 22.5. The summed E-state index contributed by atoms with van der Waals surface area (Å²) in [6.45, 7) is 0. The van der Waals surface area contributed by atoms with Crippen LogP contribution in [0.1, 0.15) is 5.56 Å². The fourth-order valence-corrected chi connectivity index (χ4v) is 3.13. The van der Waals surface area contributed by atoms with Crippen molar-refractivity contribution < 1.29 is 9.72 Å². The highest BCUT2D eigenvalue weighted by Crippen LogP contribution is 2.26. The number of benzene rings is 3. The minimum atomic E-state index is -0.488. The number of carbonyl (C=O) groups excluding carboxylic acids is 1. The summed E-state index contributed by atoms with van der Waals surface area (Å²) >= 11 is 0. The van der Waals surface area contributed by atoms with Gasteiger partial charge in [-0.15, -0.1) is 0 Å². The first-order valence-electron chi connectivity index (χ1n) is 9.53. The molecule has 0 bridgehead atoms. The lowest BCUT2D eigenvalue weighted by Gasteiger charge is -2.12. The topological polar surface area (TPSA) is 91.4 Å². The first-order valence-corrected chi connectivity index (χ1v) is 9.53. The third-order valence-corrected chi connectivity index (χ3v) is 4.78. The van der Waals surface area contributed by atoms with Crippen LogP contribution in [0.4, 0.5) is 22.7 Å². The number of hydrogen-bond donors (Lipinski definition) is 0. The van der Waals surface area contributed by atoms with Crippen LogP contribution < -0.4 is 9.91 Å². The Morgan fingerprint density at radius 1 is 0.935 bits per heavy atom. The van der Waals surface area contributed by atoms with E-state index in [1.165, 1.54) is 29.3 Å². The number of nitrogens with zero attached hydrogens (tertiary/aromatic N) is 5. The van der Waals surface area contributed by atoms with Crippen molar-refractivity contribution in [2.75, 3.05) is 24.0 Å². The average molecular weight is 413 g/mol. The average Bonchev–Trinajstić information content (AvgIpc) is 3.11. The van der Waals surface area contributed by atoms with Crippen LogP contribution in [0, 0.1) is 10.1 Å². The number of non-ortho nitro benzene ring substituents is 1. The molecule has 1 aliphatic rings. The largest absolute Gasteiger partial charge is 0.378 e. The SMILES string of the molecule is CN(C)c1ccc(N=C2C(=O)N(c3ccc([N+](=O)[O-])cc3)N=C2c2ccccc2)cc1. The molecule has 0 N–H and O–H groups in total. The number of nitro groups is 1. The molecule has 3 aromatic rings. The van der Waals surface area contributed by atoms with Crippen LogP contribution in [0.15, 0.2) is 89.0 Å². The molecule has 1 aliphatic heterocycles. The van der Waals surface area contributed by atoms with E-state index < -0.39 is 10.8 Å². The molecule has 0 unspecified atom stereocenters. The number of nitro benzene ring substituents is 1. The van der Waals surface area contributed by atoms with Crippen molar-refractivity contribution in [2.45, 2.75) is 0 Å². The molecule has 8 heteroatoms. The van der Waals surface area contributed by atoms with E-state index in [-0.39, 0.29) is 11.4 Å². The van der Waals surface area contributed by atoms with Crippen molar-refractivity contribution in [1.29, 1.82) is 0 Å². The minimum Gasteiger partial charge on any atom is -0.378 e. The van der Waals surface area contributed by atoms with Crippen molar-refractivity contribution in [3.05, 3.63) is 94.5 Å². The van der Waals surface area contributed by atoms with Crippen LogP contribution in [0.25, 0.3) is 0 Å². The summed E-state index contributed by atoms with van der Waals surface area (Å²) in [7, 11) is 3.90. The van der Waals surface area contributed by atoms with Gasteiger partial charge in [0.2, 0.25) is 0 Å². The van der Waals surface area contributed by atoms with Crippen LogP contribution in [0.5, 0.6) is 0 Å². The lowest BCUT2D eigenvalue weighted by atomic mass is 10.1. The summed E-state index contributed by atoms with van der Waals surface area (Å²) in [4.78, 5) is 30.2. The van der Waals surface area contributed by atoms with E-state index >= 15 is 0 Å². The second-order valence-corrected chi connectivity index (χ2v) is 7.08. The second-order valence-electron chi connectivity index (χ2n) is 7.08. The Labute approximate surface area is 178 Å². The van der Waals surface area contributed by atoms with E-state index in [0.717, 1.165) is 11.3 Å². The lowest BCUT2D eigenvalue weighted by Crippen LogP contribution is -2.27. The van der Waals surface area contributed by atoms with Gasteiger partial charge in [0, 0.05) is 37.5 Å². The number of aliphatic imine (C=N–C) groups is 1. The monoisotopic (exact) mass is 413 g/mol. The molecule has 0 aliphatic carbocycles. The lowest BCUT2D eigenvalue weighted by molar-refractivity contribution is -0.384. The number of hydrazone groups is 1. The Bertz CT molecular complexity index is 1180. The number of amides is 1. The van der Waals surface area contributed by atoms with Gasteiger partial charge in [-0.05, 0) is 36.4 Å². The molecule has 0 fully saturated rings. The molecule has 0 spiro atoms. The first kappa shape index (κ1) is 20.0. The summed E-state index contributed by atoms with van der Waals surface area (Å²) in [6.07, 6.45) is 0. The van der Waals surface area contributed by atoms with Gasteiger partial charge in [0.25, 0.3) is 11.6 Å². The third kappa shape index (κ3) is 4.04. The highest BCUT2D eigenvalue weighted by molar-refractivity contribution is 6.74. The van der Waals surface area contributed by atoms with Crippen molar-refractivity contribution in [3.63, 3.8) is 0 Å². The quantitative estimate of drug-likeness (QED) is 0.463. The zero-order chi connectivity index (χ0) is 22.0. The molecule has 0 radical (unpaired) electrons. The zero-order valence-electron chi connectivity index (χ0n) is 17.0. The summed E-state index contributed by atoms with van der Waals surface area (Å²) in [5, 5.41) is 16.7. The Morgan fingerprint density at radius 2 is 1.58 bits per heavy atom. The fraction of sp³-hybridized carbons (Fsp3) is 0.0870. The summed E-state index contributed by atoms with van der Waals surface area (Å²) < 4.78 is 0. The molecule has 31 heavy (non-hydrogen) atoms. The number of hydrogen-bond acceptors (Lipinski definition) is 6. The fourth-order valence-electron chi connectivity index (χ4n) is 3.13. The molecular weight excluding hydrogens is 394 g/mol. The van der Waals surface area contributed by atoms with Crippen LogP contribution in [-0.4, -0.2) is 36.3 Å². The Balaban J connectivity index is 1.75. The van der Waals surface area contributed by atoms with E-state index in [9.17, 15) is 14.9 Å². The Morgan fingerprint density at radius 3 is 2.16 bits per heavy atom. The predicted molar refractivity (Wildman–Crippen MR) is 121 cm³/mol. The summed E-state index contributed by atoms with van der Waals surface area (Å²) in [5.74, 6) is -0.399. The van der Waals surface area contributed by atoms with Gasteiger partial charge in [-0.25, -0.2) is 4.99 Å². The van der Waals surface area contributed by atoms with E-state index in [4.69, 9.17) is 0 Å². The maximum Gasteiger partial charge on any atom is 0.299 e. The van der Waals surface area contributed by atoms with Gasteiger partial charge in [0.1, 0.15) is 5.71 Å². The molecule has 0 aromatic heterocycles. The van der Waals surface area contributed by atoms with Gasteiger partial charge in [0.05, 0.1) is 16.3 Å². The highest BCUT2D eigenvalue weighted by Gasteiger charge is 2.34. The highest BCUT2D eigenvalue weighted by atomic mass is 16.6. The molecule has 1 heterocycles. The van der Waals surface area contributed by atoms with E-state index in [1.54, 1.807) is 0 Å². The Hall–Kier alpha value is -4.33. The zero-order valence-corrected chi connectivity index (χ0v) is 17.0. The molecule has 4 rings (SSSR count). The third-order valence-electron chi connectivity index (χ3n) is 4.78. The van der Waals surface area contributed by atoms with Crippen molar-refractivity contribution in [1.82, 2.24) is 0 Å². The molecule has 0 atom stereocenters. The van der Waals surface area contributed by atoms with E-state index in [1.807, 2.05) is 73.6 Å². The predicted octanol–water partition coefficient (Wildman–Crippen LogP) is 4.18. The minimum absolute atomic E-state index is 0.0578. The smallest absolute Gasteiger partial charge is 0.299 e. The van der Waals surface area contributed by atoms with Crippen molar-refractivity contribution in [3.8, 4) is 0 Å². The molecule has 0 saturated heterocycles. The molecule has 3 aromatic carbocycles. The van der Waals surface area contributed by atoms with Gasteiger partial charge < -0.3 is 4.90 Å². The van der Waals surface area contributed by atoms with Crippen LogP contribution in [0.2, 0.25) is 0 Å². The molecule has 154 valence electrons. The molecule has 1 amide bonds. The van der Waals surface area contributed by atoms with Gasteiger partial charge in [0.15, 0.2) is 5.71 Å². The maximum absolute atomic E-state index is 13.2. The molecular formula is C23H19N5O3. The van der Waals surface area contributed by atoms with Crippen LogP contribution in [-0.2, 0) is 4.79 Å². The van der Waals surface area contributed by atoms with Gasteiger partial charge in [-0.1, -0.05) is 30.3 Å². The van der Waals surface area contributed by atoms with E-state index in [0.29, 0.717) is 17.1 Å². The summed E-state index contributed by atoms with van der Waals surface area (Å²) in [5.41, 5.74) is 3.43. The standard InChI is InChI=1S/C23H19N5O3/c1-26(2)18-10-8-17(9-11-18)24-22-21(16-6-4-3-5-7-16)25-27(23(22)29)19-12-14-20(15-13-19)28(30)31/h3-15H,1-2H3. The number of carbonyl (C=O) groups is 1. The van der Waals surface area contributed by atoms with Gasteiger partial charge >= 0.3 is 0 Å². The Kier molecular flexibility index (Phi) is 5.28. The first-order chi connectivity index (χ1) is 14.9. The molecule has 8 nitrogen and oxygen atoms in total.